The Hall–Kier alpha value is -2.87. The van der Waals surface area contributed by atoms with Crippen molar-refractivity contribution in [2.24, 2.45) is 12.5 Å². The van der Waals surface area contributed by atoms with Gasteiger partial charge in [-0.05, 0) is 36.7 Å². The van der Waals surface area contributed by atoms with Gasteiger partial charge in [-0.2, -0.15) is 0 Å². The van der Waals surface area contributed by atoms with Crippen LogP contribution in [0.25, 0.3) is 0 Å². The quantitative estimate of drug-likeness (QED) is 0.805. The lowest BCUT2D eigenvalue weighted by molar-refractivity contribution is 0.00725. The number of anilines is 1. The number of aromatic carboxylic acids is 1. The largest absolute Gasteiger partial charge is 0.481 e. The molecule has 2 aliphatic rings. The highest BCUT2D eigenvalue weighted by Gasteiger charge is 2.38. The molecule has 2 aromatic rings. The molecule has 2 fully saturated rings. The first-order chi connectivity index (χ1) is 14.5. The molecule has 0 unspecified atom stereocenters. The zero-order valence-corrected chi connectivity index (χ0v) is 17.2. The van der Waals surface area contributed by atoms with Crippen LogP contribution in [-0.4, -0.2) is 46.9 Å². The highest BCUT2D eigenvalue weighted by Crippen LogP contribution is 2.40. The number of carbonyl (C=O) groups is 1. The van der Waals surface area contributed by atoms with E-state index in [9.17, 15) is 14.7 Å². The van der Waals surface area contributed by atoms with E-state index in [1.165, 1.54) is 4.57 Å². The van der Waals surface area contributed by atoms with Crippen LogP contribution in [0, 0.1) is 5.41 Å². The molecule has 4 rings (SSSR count). The van der Waals surface area contributed by atoms with Crippen molar-refractivity contribution >= 4 is 11.9 Å². The van der Waals surface area contributed by atoms with Gasteiger partial charge >= 0.3 is 5.97 Å². The Labute approximate surface area is 175 Å². The van der Waals surface area contributed by atoms with E-state index < -0.39 is 11.5 Å². The van der Waals surface area contributed by atoms with Crippen LogP contribution in [0.4, 0.5) is 5.95 Å². The monoisotopic (exact) mass is 413 g/mol. The number of benzene rings is 1. The van der Waals surface area contributed by atoms with Gasteiger partial charge in [0, 0.05) is 33.4 Å². The fourth-order valence-corrected chi connectivity index (χ4v) is 4.45. The lowest BCUT2D eigenvalue weighted by atomic mass is 9.74. The molecule has 1 aromatic heterocycles. The number of aromatic nitrogens is 2. The highest BCUT2D eigenvalue weighted by molar-refractivity contribution is 5.88. The van der Waals surface area contributed by atoms with Crippen LogP contribution in [0.3, 0.4) is 0 Å². The van der Waals surface area contributed by atoms with Crippen LogP contribution in [-0.2, 0) is 18.4 Å². The Morgan fingerprint density at radius 2 is 1.97 bits per heavy atom. The molecule has 0 aliphatic carbocycles. The molecule has 1 spiro atoms. The summed E-state index contributed by atoms with van der Waals surface area (Å²) in [7, 11) is 1.62. The minimum atomic E-state index is -1.27. The Morgan fingerprint density at radius 3 is 2.67 bits per heavy atom. The maximum atomic E-state index is 13.0. The van der Waals surface area contributed by atoms with E-state index in [1.807, 2.05) is 35.2 Å². The average molecular weight is 413 g/mol. The molecule has 0 radical (unpaired) electrons. The SMILES string of the molecule is Cn1c(N2CCCC3(CCOCC3)C2)nc(C(=O)O)c(OCc2ccccc2)c1=O. The van der Waals surface area contributed by atoms with Gasteiger partial charge in [0.15, 0.2) is 5.69 Å². The third-order valence-electron chi connectivity index (χ3n) is 6.15. The van der Waals surface area contributed by atoms with Crippen molar-refractivity contribution in [3.63, 3.8) is 0 Å². The second-order valence-electron chi connectivity index (χ2n) is 8.17. The summed E-state index contributed by atoms with van der Waals surface area (Å²) in [6, 6.07) is 9.31. The normalized spacial score (nSPS) is 18.4. The number of ether oxygens (including phenoxy) is 2. The summed E-state index contributed by atoms with van der Waals surface area (Å²) in [4.78, 5) is 31.4. The first-order valence-corrected chi connectivity index (χ1v) is 10.3. The number of carboxylic acid groups (broad SMARTS) is 1. The van der Waals surface area contributed by atoms with Crippen LogP contribution in [0.15, 0.2) is 35.1 Å². The molecule has 30 heavy (non-hydrogen) atoms. The molecule has 0 saturated carbocycles. The lowest BCUT2D eigenvalue weighted by Crippen LogP contribution is -2.48. The number of carboxylic acids is 1. The van der Waals surface area contributed by atoms with E-state index in [0.717, 1.165) is 57.6 Å². The molecule has 2 saturated heterocycles. The molecule has 3 heterocycles. The maximum Gasteiger partial charge on any atom is 0.358 e. The number of nitrogens with zero attached hydrogens (tertiary/aromatic N) is 3. The van der Waals surface area contributed by atoms with Gasteiger partial charge in [0.1, 0.15) is 6.61 Å². The Balaban J connectivity index is 1.64. The van der Waals surface area contributed by atoms with Gasteiger partial charge in [-0.3, -0.25) is 9.36 Å². The zero-order chi connectivity index (χ0) is 21.1. The zero-order valence-electron chi connectivity index (χ0n) is 17.2. The predicted octanol–water partition coefficient (Wildman–Crippen LogP) is 2.45. The van der Waals surface area contributed by atoms with E-state index in [-0.39, 0.29) is 23.5 Å². The van der Waals surface area contributed by atoms with Gasteiger partial charge in [-0.15, -0.1) is 0 Å². The number of piperidine rings is 1. The molecule has 0 bridgehead atoms. The number of hydrogen-bond donors (Lipinski definition) is 1. The van der Waals surface area contributed by atoms with Gasteiger partial charge in [0.05, 0.1) is 0 Å². The second kappa shape index (κ2) is 8.47. The molecule has 8 nitrogen and oxygen atoms in total. The molecule has 1 N–H and O–H groups in total. The lowest BCUT2D eigenvalue weighted by Gasteiger charge is -2.45. The van der Waals surface area contributed by atoms with Crippen molar-refractivity contribution in [1.82, 2.24) is 9.55 Å². The Bertz CT molecular complexity index is 961. The van der Waals surface area contributed by atoms with Crippen molar-refractivity contribution < 1.29 is 19.4 Å². The first kappa shape index (κ1) is 20.4. The first-order valence-electron chi connectivity index (χ1n) is 10.3. The summed E-state index contributed by atoms with van der Waals surface area (Å²) in [5.41, 5.74) is 0.160. The molecule has 0 atom stereocenters. The van der Waals surface area contributed by atoms with E-state index in [4.69, 9.17) is 9.47 Å². The molecule has 2 aliphatic heterocycles. The van der Waals surface area contributed by atoms with Crippen molar-refractivity contribution in [1.29, 1.82) is 0 Å². The van der Waals surface area contributed by atoms with Gasteiger partial charge in [-0.25, -0.2) is 9.78 Å². The minimum Gasteiger partial charge on any atom is -0.481 e. The van der Waals surface area contributed by atoms with Crippen molar-refractivity contribution in [3.8, 4) is 5.75 Å². The van der Waals surface area contributed by atoms with E-state index in [0.29, 0.717) is 5.95 Å². The smallest absolute Gasteiger partial charge is 0.358 e. The minimum absolute atomic E-state index is 0.101. The van der Waals surface area contributed by atoms with Crippen LogP contribution in [0.1, 0.15) is 41.7 Å². The second-order valence-corrected chi connectivity index (χ2v) is 8.17. The maximum absolute atomic E-state index is 13.0. The van der Waals surface area contributed by atoms with Crippen molar-refractivity contribution in [3.05, 3.63) is 51.9 Å². The molecular weight excluding hydrogens is 386 g/mol. The fourth-order valence-electron chi connectivity index (χ4n) is 4.45. The number of hydrogen-bond acceptors (Lipinski definition) is 6. The van der Waals surface area contributed by atoms with Crippen LogP contribution < -0.4 is 15.2 Å². The van der Waals surface area contributed by atoms with Crippen molar-refractivity contribution in [2.75, 3.05) is 31.2 Å². The summed E-state index contributed by atoms with van der Waals surface area (Å²) in [5.74, 6) is -1.11. The van der Waals surface area contributed by atoms with Crippen LogP contribution in [0.5, 0.6) is 5.75 Å². The third kappa shape index (κ3) is 4.05. The van der Waals surface area contributed by atoms with Gasteiger partial charge in [0.2, 0.25) is 11.7 Å². The predicted molar refractivity (Wildman–Crippen MR) is 111 cm³/mol. The fraction of sp³-hybridized carbons (Fsp3) is 0.500. The third-order valence-corrected chi connectivity index (χ3v) is 6.15. The Morgan fingerprint density at radius 1 is 1.23 bits per heavy atom. The highest BCUT2D eigenvalue weighted by atomic mass is 16.5. The molecule has 0 amide bonds. The van der Waals surface area contributed by atoms with Gasteiger partial charge in [0.25, 0.3) is 5.56 Å². The Kier molecular flexibility index (Phi) is 5.76. The summed E-state index contributed by atoms with van der Waals surface area (Å²) in [6.07, 6.45) is 4.04. The molecule has 160 valence electrons. The molecular formula is C22H27N3O5. The van der Waals surface area contributed by atoms with E-state index >= 15 is 0 Å². The summed E-state index contributed by atoms with van der Waals surface area (Å²) >= 11 is 0. The topological polar surface area (TPSA) is 93.9 Å². The van der Waals surface area contributed by atoms with Gasteiger partial charge < -0.3 is 19.5 Å². The van der Waals surface area contributed by atoms with Crippen LogP contribution >= 0.6 is 0 Å². The summed E-state index contributed by atoms with van der Waals surface area (Å²) in [6.45, 7) is 3.08. The average Bonchev–Trinajstić information content (AvgIpc) is 2.76. The van der Waals surface area contributed by atoms with E-state index in [1.54, 1.807) is 7.05 Å². The summed E-state index contributed by atoms with van der Waals surface area (Å²) < 4.78 is 12.6. The standard InChI is InChI=1S/C22H27N3O5/c1-24-19(26)18(30-14-16-6-3-2-4-7-16)17(20(27)28)23-21(24)25-11-5-8-22(15-25)9-12-29-13-10-22/h2-4,6-7H,5,8-15H2,1H3,(H,27,28). The molecule has 1 aromatic carbocycles. The van der Waals surface area contributed by atoms with Gasteiger partial charge in [-0.1, -0.05) is 30.3 Å². The summed E-state index contributed by atoms with van der Waals surface area (Å²) in [5, 5.41) is 9.72. The number of rotatable bonds is 5. The van der Waals surface area contributed by atoms with Crippen LogP contribution in [0.2, 0.25) is 0 Å². The van der Waals surface area contributed by atoms with E-state index in [2.05, 4.69) is 4.98 Å². The molecule has 8 heteroatoms. The van der Waals surface area contributed by atoms with Crippen molar-refractivity contribution in [2.45, 2.75) is 32.3 Å².